The average molecular weight is 373 g/mol. The average Bonchev–Trinajstić information content (AvgIpc) is 2.47. The lowest BCUT2D eigenvalue weighted by molar-refractivity contribution is 0.260. The maximum absolute atomic E-state index is 3.69. The minimum Gasteiger partial charge on any atom is -0.310 e. The van der Waals surface area contributed by atoms with Crippen molar-refractivity contribution in [1.29, 1.82) is 0 Å². The van der Waals surface area contributed by atoms with Crippen LogP contribution >= 0.6 is 27.7 Å². The molecular formula is C17H29BrN2S. The molecule has 2 atom stereocenters. The van der Waals surface area contributed by atoms with Gasteiger partial charge in [-0.25, -0.2) is 0 Å². The van der Waals surface area contributed by atoms with E-state index in [1.807, 2.05) is 11.8 Å². The van der Waals surface area contributed by atoms with Gasteiger partial charge in [0, 0.05) is 22.3 Å². The third-order valence-corrected chi connectivity index (χ3v) is 5.13. The van der Waals surface area contributed by atoms with Crippen LogP contribution < -0.4 is 5.32 Å². The molecule has 0 fully saturated rings. The summed E-state index contributed by atoms with van der Waals surface area (Å²) < 4.78 is 1.16. The first kappa shape index (κ1) is 19.0. The molecule has 1 aromatic carbocycles. The third-order valence-electron chi connectivity index (χ3n) is 3.82. The lowest BCUT2D eigenvalue weighted by Gasteiger charge is -2.27. The number of rotatable bonds is 10. The monoisotopic (exact) mass is 372 g/mol. The molecular weight excluding hydrogens is 344 g/mol. The smallest absolute Gasteiger partial charge is 0.0332 e. The molecule has 0 saturated heterocycles. The van der Waals surface area contributed by atoms with Crippen molar-refractivity contribution < 1.29 is 0 Å². The zero-order valence-electron chi connectivity index (χ0n) is 13.7. The Kier molecular flexibility index (Phi) is 9.65. The summed E-state index contributed by atoms with van der Waals surface area (Å²) in [6, 6.07) is 9.75. The van der Waals surface area contributed by atoms with Crippen molar-refractivity contribution in [3.8, 4) is 0 Å². The van der Waals surface area contributed by atoms with E-state index in [1.54, 1.807) is 0 Å². The van der Waals surface area contributed by atoms with E-state index in [0.717, 1.165) is 24.0 Å². The highest BCUT2D eigenvalue weighted by Gasteiger charge is 2.14. The second-order valence-corrected chi connectivity index (χ2v) is 7.46. The molecule has 0 saturated carbocycles. The molecule has 2 unspecified atom stereocenters. The molecule has 1 rings (SSSR count). The molecule has 1 N–H and O–H groups in total. The van der Waals surface area contributed by atoms with E-state index in [4.69, 9.17) is 0 Å². The summed E-state index contributed by atoms with van der Waals surface area (Å²) in [5, 5.41) is 3.69. The standard InChI is InChI=1S/C17H29BrN2S/c1-5-10-19-17(15-7-6-8-16(18)12-15)9-11-20(3)14(2)13-21-4/h6-8,12,14,17,19H,5,9-11,13H2,1-4H3. The van der Waals surface area contributed by atoms with Gasteiger partial charge in [0.25, 0.3) is 0 Å². The van der Waals surface area contributed by atoms with Crippen LogP contribution in [0.25, 0.3) is 0 Å². The van der Waals surface area contributed by atoms with Crippen LogP contribution in [0.4, 0.5) is 0 Å². The number of nitrogens with zero attached hydrogens (tertiary/aromatic N) is 1. The molecule has 0 bridgehead atoms. The van der Waals surface area contributed by atoms with E-state index in [9.17, 15) is 0 Å². The first-order chi connectivity index (χ1) is 10.1. The van der Waals surface area contributed by atoms with Crippen LogP contribution in [-0.2, 0) is 0 Å². The predicted molar refractivity (Wildman–Crippen MR) is 100 cm³/mol. The Morgan fingerprint density at radius 2 is 2.14 bits per heavy atom. The van der Waals surface area contributed by atoms with E-state index in [-0.39, 0.29) is 0 Å². The number of nitrogens with one attached hydrogen (secondary N) is 1. The van der Waals surface area contributed by atoms with Crippen LogP contribution in [-0.4, -0.2) is 43.1 Å². The van der Waals surface area contributed by atoms with E-state index in [1.165, 1.54) is 17.7 Å². The van der Waals surface area contributed by atoms with E-state index >= 15 is 0 Å². The molecule has 1 aromatic rings. The largest absolute Gasteiger partial charge is 0.310 e. The van der Waals surface area contributed by atoms with Gasteiger partial charge in [-0.1, -0.05) is 35.0 Å². The van der Waals surface area contributed by atoms with Crippen molar-refractivity contribution in [3.05, 3.63) is 34.3 Å². The summed E-state index contributed by atoms with van der Waals surface area (Å²) in [4.78, 5) is 2.47. The van der Waals surface area contributed by atoms with Crippen LogP contribution in [0.15, 0.2) is 28.7 Å². The number of benzene rings is 1. The van der Waals surface area contributed by atoms with Crippen molar-refractivity contribution in [2.24, 2.45) is 0 Å². The van der Waals surface area contributed by atoms with E-state index in [0.29, 0.717) is 12.1 Å². The summed E-state index contributed by atoms with van der Waals surface area (Å²) in [6.45, 7) is 6.72. The Labute approximate surface area is 143 Å². The summed E-state index contributed by atoms with van der Waals surface area (Å²) in [7, 11) is 2.23. The topological polar surface area (TPSA) is 15.3 Å². The lowest BCUT2D eigenvalue weighted by Crippen LogP contribution is -2.34. The molecule has 2 nitrogen and oxygen atoms in total. The van der Waals surface area contributed by atoms with Crippen LogP contribution in [0, 0.1) is 0 Å². The lowest BCUT2D eigenvalue weighted by atomic mass is 10.0. The molecule has 0 spiro atoms. The van der Waals surface area contributed by atoms with Crippen molar-refractivity contribution in [2.45, 2.75) is 38.8 Å². The second-order valence-electron chi connectivity index (χ2n) is 5.64. The van der Waals surface area contributed by atoms with Crippen LogP contribution in [0.5, 0.6) is 0 Å². The van der Waals surface area contributed by atoms with Gasteiger partial charge in [0.2, 0.25) is 0 Å². The van der Waals surface area contributed by atoms with Gasteiger partial charge in [0.15, 0.2) is 0 Å². The molecule has 0 aliphatic heterocycles. The van der Waals surface area contributed by atoms with Gasteiger partial charge in [0.1, 0.15) is 0 Å². The fraction of sp³-hybridized carbons (Fsp3) is 0.647. The van der Waals surface area contributed by atoms with Gasteiger partial charge in [-0.15, -0.1) is 0 Å². The third kappa shape index (κ3) is 7.18. The Bertz CT molecular complexity index is 400. The first-order valence-electron chi connectivity index (χ1n) is 7.76. The van der Waals surface area contributed by atoms with Gasteiger partial charge >= 0.3 is 0 Å². The highest BCUT2D eigenvalue weighted by molar-refractivity contribution is 9.10. The summed E-state index contributed by atoms with van der Waals surface area (Å²) in [5.41, 5.74) is 1.38. The first-order valence-corrected chi connectivity index (χ1v) is 9.95. The highest BCUT2D eigenvalue weighted by Crippen LogP contribution is 2.21. The molecule has 120 valence electrons. The molecule has 4 heteroatoms. The summed E-state index contributed by atoms with van der Waals surface area (Å²) in [6.07, 6.45) is 4.49. The molecule has 0 heterocycles. The Hall–Kier alpha value is -0.0300. The summed E-state index contributed by atoms with van der Waals surface area (Å²) in [5.74, 6) is 1.19. The minimum absolute atomic E-state index is 0.436. The van der Waals surface area contributed by atoms with Gasteiger partial charge in [0.05, 0.1) is 0 Å². The summed E-state index contributed by atoms with van der Waals surface area (Å²) >= 11 is 5.50. The number of halogens is 1. The van der Waals surface area contributed by atoms with Crippen molar-refractivity contribution in [1.82, 2.24) is 10.2 Å². The van der Waals surface area contributed by atoms with Crippen molar-refractivity contribution in [2.75, 3.05) is 32.1 Å². The number of hydrogen-bond acceptors (Lipinski definition) is 3. The predicted octanol–water partition coefficient (Wildman–Crippen LogP) is 4.56. The van der Waals surface area contributed by atoms with Gasteiger partial charge < -0.3 is 10.2 Å². The van der Waals surface area contributed by atoms with Gasteiger partial charge in [-0.05, 0) is 63.9 Å². The molecule has 0 aliphatic rings. The van der Waals surface area contributed by atoms with Gasteiger partial charge in [-0.3, -0.25) is 0 Å². The second kappa shape index (κ2) is 10.7. The minimum atomic E-state index is 0.436. The maximum Gasteiger partial charge on any atom is 0.0332 e. The van der Waals surface area contributed by atoms with Crippen LogP contribution in [0.3, 0.4) is 0 Å². The molecule has 0 aromatic heterocycles. The fourth-order valence-electron chi connectivity index (χ4n) is 2.35. The zero-order valence-corrected chi connectivity index (χ0v) is 16.1. The molecule has 21 heavy (non-hydrogen) atoms. The van der Waals surface area contributed by atoms with Crippen LogP contribution in [0.1, 0.15) is 38.3 Å². The molecule has 0 aliphatic carbocycles. The normalized spacial score (nSPS) is 14.4. The maximum atomic E-state index is 3.69. The Balaban J connectivity index is 2.62. The zero-order chi connectivity index (χ0) is 15.7. The Morgan fingerprint density at radius 3 is 2.76 bits per heavy atom. The van der Waals surface area contributed by atoms with E-state index in [2.05, 4.69) is 77.6 Å². The quantitative estimate of drug-likeness (QED) is 0.647. The Morgan fingerprint density at radius 1 is 1.38 bits per heavy atom. The molecule has 0 radical (unpaired) electrons. The van der Waals surface area contributed by atoms with E-state index < -0.39 is 0 Å². The molecule has 0 amide bonds. The van der Waals surface area contributed by atoms with Gasteiger partial charge in [-0.2, -0.15) is 11.8 Å². The van der Waals surface area contributed by atoms with Crippen molar-refractivity contribution >= 4 is 27.7 Å². The number of thioether (sulfide) groups is 1. The van der Waals surface area contributed by atoms with Crippen LogP contribution in [0.2, 0.25) is 0 Å². The SMILES string of the molecule is CCCNC(CCN(C)C(C)CSC)c1cccc(Br)c1. The highest BCUT2D eigenvalue weighted by atomic mass is 79.9. The fourth-order valence-corrected chi connectivity index (χ4v) is 3.50. The number of hydrogen-bond donors (Lipinski definition) is 1. The van der Waals surface area contributed by atoms with Crippen molar-refractivity contribution in [3.63, 3.8) is 0 Å².